The number of nitrogens with one attached hydrogen (secondary N) is 1. The highest BCUT2D eigenvalue weighted by Gasteiger charge is 2.39. The minimum atomic E-state index is -5.00. The first kappa shape index (κ1) is 13.5. The lowest BCUT2D eigenvalue weighted by Gasteiger charge is -2.10. The van der Waals surface area contributed by atoms with Crippen molar-refractivity contribution in [2.45, 2.75) is 6.18 Å². The summed E-state index contributed by atoms with van der Waals surface area (Å²) in [6, 6.07) is 5.35. The molecule has 0 unspecified atom stereocenters. The first-order valence-electron chi connectivity index (χ1n) is 4.42. The van der Waals surface area contributed by atoms with Crippen LogP contribution in [0.15, 0.2) is 24.3 Å². The molecule has 7 heteroatoms. The summed E-state index contributed by atoms with van der Waals surface area (Å²) in [7, 11) is 0. The zero-order valence-electron chi connectivity index (χ0n) is 8.34. The van der Waals surface area contributed by atoms with Crippen LogP contribution < -0.4 is 5.32 Å². The number of para-hydroxylation sites is 1. The molecule has 0 aliphatic rings. The van der Waals surface area contributed by atoms with E-state index < -0.39 is 17.9 Å². The van der Waals surface area contributed by atoms with Crippen molar-refractivity contribution < 1.29 is 22.8 Å². The lowest BCUT2D eigenvalue weighted by Crippen LogP contribution is -2.30. The van der Waals surface area contributed by atoms with Crippen LogP contribution in [0.2, 0.25) is 0 Å². The van der Waals surface area contributed by atoms with E-state index in [2.05, 4.69) is 0 Å². The normalized spacial score (nSPS) is 11.1. The molecule has 1 aromatic rings. The fraction of sp³-hybridized carbons (Fsp3) is 0.200. The summed E-state index contributed by atoms with van der Waals surface area (Å²) in [4.78, 5) is 22.0. The number of halogens is 4. The molecule has 92 valence electrons. The predicted octanol–water partition coefficient (Wildman–Crippen LogP) is 2.61. The van der Waals surface area contributed by atoms with E-state index in [1.807, 2.05) is 0 Å². The quantitative estimate of drug-likeness (QED) is 0.674. The molecular formula is C10H7ClF3NO2. The molecule has 1 aromatic carbocycles. The second-order valence-electron chi connectivity index (χ2n) is 3.05. The molecule has 0 atom stereocenters. The van der Waals surface area contributed by atoms with Gasteiger partial charge in [0, 0.05) is 5.56 Å². The summed E-state index contributed by atoms with van der Waals surface area (Å²) in [6.45, 7) is 0. The van der Waals surface area contributed by atoms with Crippen molar-refractivity contribution in [3.63, 3.8) is 0 Å². The zero-order chi connectivity index (χ0) is 13.1. The Hall–Kier alpha value is -1.56. The first-order valence-corrected chi connectivity index (χ1v) is 4.96. The van der Waals surface area contributed by atoms with E-state index in [0.717, 1.165) is 0 Å². The number of hydrogen-bond donors (Lipinski definition) is 1. The maximum atomic E-state index is 12.0. The Balaban J connectivity index is 2.99. The second-order valence-corrected chi connectivity index (χ2v) is 3.32. The number of anilines is 1. The molecule has 1 amide bonds. The van der Waals surface area contributed by atoms with Gasteiger partial charge in [0.25, 0.3) is 0 Å². The van der Waals surface area contributed by atoms with Gasteiger partial charge in [0.1, 0.15) is 0 Å². The third-order valence-corrected chi connectivity index (χ3v) is 2.10. The Kier molecular flexibility index (Phi) is 4.11. The molecule has 0 aliphatic heterocycles. The van der Waals surface area contributed by atoms with Gasteiger partial charge in [-0.2, -0.15) is 13.2 Å². The van der Waals surface area contributed by atoms with E-state index in [1.165, 1.54) is 24.3 Å². The van der Waals surface area contributed by atoms with Crippen LogP contribution in [-0.4, -0.2) is 23.7 Å². The maximum Gasteiger partial charge on any atom is 0.471 e. The fourth-order valence-corrected chi connectivity index (χ4v) is 1.24. The Morgan fingerprint density at radius 2 is 1.82 bits per heavy atom. The van der Waals surface area contributed by atoms with Crippen molar-refractivity contribution >= 4 is 29.0 Å². The van der Waals surface area contributed by atoms with Gasteiger partial charge in [-0.25, -0.2) is 0 Å². The van der Waals surface area contributed by atoms with Crippen LogP contribution in [0.5, 0.6) is 0 Å². The molecular weight excluding hydrogens is 259 g/mol. The molecule has 0 bridgehead atoms. The van der Waals surface area contributed by atoms with Gasteiger partial charge >= 0.3 is 12.1 Å². The van der Waals surface area contributed by atoms with Crippen molar-refractivity contribution in [3.05, 3.63) is 29.8 Å². The number of benzene rings is 1. The smallest absolute Gasteiger partial charge is 0.318 e. The van der Waals surface area contributed by atoms with Gasteiger partial charge in [0.15, 0.2) is 5.78 Å². The molecule has 0 aromatic heterocycles. The van der Waals surface area contributed by atoms with E-state index >= 15 is 0 Å². The minimum absolute atomic E-state index is 0.0555. The summed E-state index contributed by atoms with van der Waals surface area (Å²) < 4.78 is 36.1. The third-order valence-electron chi connectivity index (χ3n) is 1.85. The zero-order valence-corrected chi connectivity index (χ0v) is 9.10. The number of rotatable bonds is 3. The largest absolute Gasteiger partial charge is 0.471 e. The predicted molar refractivity (Wildman–Crippen MR) is 56.2 cm³/mol. The summed E-state index contributed by atoms with van der Waals surface area (Å²) in [5, 5.41) is 1.62. The number of carbonyl (C=O) groups is 2. The van der Waals surface area contributed by atoms with Crippen LogP contribution in [0.4, 0.5) is 18.9 Å². The number of alkyl halides is 4. The highest BCUT2D eigenvalue weighted by Crippen LogP contribution is 2.21. The highest BCUT2D eigenvalue weighted by atomic mass is 35.5. The van der Waals surface area contributed by atoms with E-state index in [4.69, 9.17) is 11.6 Å². The van der Waals surface area contributed by atoms with Crippen LogP contribution in [0.3, 0.4) is 0 Å². The molecule has 0 spiro atoms. The molecule has 17 heavy (non-hydrogen) atoms. The van der Waals surface area contributed by atoms with Gasteiger partial charge in [-0.15, -0.1) is 11.6 Å². The highest BCUT2D eigenvalue weighted by molar-refractivity contribution is 6.31. The van der Waals surface area contributed by atoms with Crippen molar-refractivity contribution in [2.24, 2.45) is 0 Å². The molecule has 0 radical (unpaired) electrons. The molecule has 0 fully saturated rings. The number of ketones is 1. The SMILES string of the molecule is O=C(CCl)c1ccccc1NC(=O)C(F)(F)F. The number of carbonyl (C=O) groups excluding carboxylic acids is 2. The van der Waals surface area contributed by atoms with Crippen LogP contribution in [0.1, 0.15) is 10.4 Å². The minimum Gasteiger partial charge on any atom is -0.318 e. The molecule has 0 aliphatic carbocycles. The first-order chi connectivity index (χ1) is 7.86. The topological polar surface area (TPSA) is 46.2 Å². The monoisotopic (exact) mass is 265 g/mol. The Labute approximate surface area is 99.6 Å². The Morgan fingerprint density at radius 3 is 2.35 bits per heavy atom. The van der Waals surface area contributed by atoms with Gasteiger partial charge in [-0.1, -0.05) is 12.1 Å². The van der Waals surface area contributed by atoms with Gasteiger partial charge in [-0.05, 0) is 12.1 Å². The lowest BCUT2D eigenvalue weighted by molar-refractivity contribution is -0.167. The second kappa shape index (κ2) is 5.18. The summed E-state index contributed by atoms with van der Waals surface area (Å²) in [6.07, 6.45) is -5.00. The molecule has 3 nitrogen and oxygen atoms in total. The number of amides is 1. The molecule has 1 N–H and O–H groups in total. The van der Waals surface area contributed by atoms with Gasteiger partial charge < -0.3 is 5.32 Å². The maximum absolute atomic E-state index is 12.0. The Morgan fingerprint density at radius 1 is 1.24 bits per heavy atom. The Bertz CT molecular complexity index is 445. The van der Waals surface area contributed by atoms with Crippen LogP contribution in [-0.2, 0) is 4.79 Å². The van der Waals surface area contributed by atoms with Crippen molar-refractivity contribution in [3.8, 4) is 0 Å². The lowest BCUT2D eigenvalue weighted by atomic mass is 10.1. The van der Waals surface area contributed by atoms with Crippen LogP contribution in [0.25, 0.3) is 0 Å². The van der Waals surface area contributed by atoms with E-state index in [9.17, 15) is 22.8 Å². The summed E-state index contributed by atoms with van der Waals surface area (Å²) in [5.41, 5.74) is -0.263. The fourth-order valence-electron chi connectivity index (χ4n) is 1.10. The van der Waals surface area contributed by atoms with Gasteiger partial charge in [0.2, 0.25) is 0 Å². The van der Waals surface area contributed by atoms with Gasteiger partial charge in [-0.3, -0.25) is 9.59 Å². The molecule has 1 rings (SSSR count). The van der Waals surface area contributed by atoms with E-state index in [1.54, 1.807) is 5.32 Å². The number of Topliss-reactive ketones (excluding diaryl/α,β-unsaturated/α-hetero) is 1. The average Bonchev–Trinajstić information content (AvgIpc) is 2.27. The molecule has 0 heterocycles. The third kappa shape index (κ3) is 3.45. The molecule has 0 saturated carbocycles. The molecule has 0 saturated heterocycles. The van der Waals surface area contributed by atoms with E-state index in [-0.39, 0.29) is 17.1 Å². The standard InChI is InChI=1S/C10H7ClF3NO2/c11-5-8(16)6-3-1-2-4-7(6)15-9(17)10(12,13)14/h1-4H,5H2,(H,15,17). The van der Waals surface area contributed by atoms with Crippen molar-refractivity contribution in [1.82, 2.24) is 0 Å². The van der Waals surface area contributed by atoms with Crippen LogP contribution in [0, 0.1) is 0 Å². The average molecular weight is 266 g/mol. The van der Waals surface area contributed by atoms with Crippen LogP contribution >= 0.6 is 11.6 Å². The van der Waals surface area contributed by atoms with Crippen molar-refractivity contribution in [2.75, 3.05) is 11.2 Å². The summed E-state index contributed by atoms with van der Waals surface area (Å²) in [5.74, 6) is -3.07. The van der Waals surface area contributed by atoms with E-state index in [0.29, 0.717) is 0 Å². The van der Waals surface area contributed by atoms with Crippen molar-refractivity contribution in [1.29, 1.82) is 0 Å². The summed E-state index contributed by atoms with van der Waals surface area (Å²) >= 11 is 5.30. The number of hydrogen-bond acceptors (Lipinski definition) is 2. The van der Waals surface area contributed by atoms with Gasteiger partial charge in [0.05, 0.1) is 11.6 Å².